The number of hydrogen-bond acceptors (Lipinski definition) is 0. The quantitative estimate of drug-likeness (QED) is 0.553. The fourth-order valence-corrected chi connectivity index (χ4v) is 2.73. The van der Waals surface area contributed by atoms with Gasteiger partial charge < -0.3 is 0 Å². The highest BCUT2D eigenvalue weighted by atomic mass is 14.5. The van der Waals surface area contributed by atoms with Gasteiger partial charge in [-0.3, -0.25) is 0 Å². The Hall–Kier alpha value is 0. The van der Waals surface area contributed by atoms with Crippen LogP contribution in [0.2, 0.25) is 0 Å². The topological polar surface area (TPSA) is 0 Å². The van der Waals surface area contributed by atoms with Crippen LogP contribution < -0.4 is 0 Å². The van der Waals surface area contributed by atoms with Gasteiger partial charge in [0.25, 0.3) is 0 Å². The Morgan fingerprint density at radius 3 is 1.25 bits per heavy atom. The van der Waals surface area contributed by atoms with Gasteiger partial charge in [0.1, 0.15) is 0 Å². The molecule has 0 aromatic carbocycles. The van der Waals surface area contributed by atoms with Gasteiger partial charge in [-0.15, -0.1) is 0 Å². The molecule has 0 bridgehead atoms. The van der Waals surface area contributed by atoms with E-state index < -0.39 is 0 Å². The van der Waals surface area contributed by atoms with E-state index in [0.29, 0.717) is 0 Å². The molecule has 1 saturated carbocycles. The molecule has 0 N–H and O–H groups in total. The molecule has 2 atom stereocenters. The molecule has 2 unspecified atom stereocenters. The van der Waals surface area contributed by atoms with Crippen molar-refractivity contribution in [1.82, 2.24) is 0 Å². The lowest BCUT2D eigenvalue weighted by molar-refractivity contribution is -0.0172. The maximum atomic E-state index is 2.40. The minimum absolute atomic E-state index is 0.890. The van der Waals surface area contributed by atoms with Crippen LogP contribution in [-0.2, 0) is 0 Å². The monoisotopic (exact) mass is 170 g/mol. The van der Waals surface area contributed by atoms with E-state index in [9.17, 15) is 0 Å². The van der Waals surface area contributed by atoms with E-state index in [-0.39, 0.29) is 0 Å². The van der Waals surface area contributed by atoms with Crippen LogP contribution >= 0.6 is 0 Å². The molecule has 0 amide bonds. The molecule has 1 aliphatic rings. The molecule has 1 fully saturated rings. The molecule has 1 rings (SSSR count). The van der Waals surface area contributed by atoms with E-state index in [4.69, 9.17) is 0 Å². The fraction of sp³-hybridized carbons (Fsp3) is 1.00. The minimum Gasteiger partial charge on any atom is -0.0683 e. The summed E-state index contributed by atoms with van der Waals surface area (Å²) < 4.78 is 0. The highest BCUT2D eigenvalue weighted by Gasteiger charge is 2.42. The highest BCUT2D eigenvalue weighted by molar-refractivity contribution is 4.91. The van der Waals surface area contributed by atoms with Crippen molar-refractivity contribution in [2.24, 2.45) is 29.6 Å². The molecule has 1 aliphatic carbocycles. The van der Waals surface area contributed by atoms with E-state index >= 15 is 0 Å². The van der Waals surface area contributed by atoms with Crippen LogP contribution in [0, 0.1) is 29.6 Å². The summed E-state index contributed by atoms with van der Waals surface area (Å²) in [6.45, 7) is 15.9. The van der Waals surface area contributed by atoms with Gasteiger partial charge >= 0.3 is 0 Å². The Bertz CT molecular complexity index is 105. The normalized spacial score (nSPS) is 40.0. The summed E-state index contributed by atoms with van der Waals surface area (Å²) in [7, 11) is 0. The Labute approximate surface area is 78.8 Å². The van der Waals surface area contributed by atoms with Crippen LogP contribution in [0.1, 0.15) is 48.5 Å². The van der Waals surface area contributed by atoms with E-state index in [1.165, 1.54) is 0 Å². The fourth-order valence-electron chi connectivity index (χ4n) is 2.73. The summed E-state index contributed by atoms with van der Waals surface area (Å²) in [6.07, 6.45) is 0. The van der Waals surface area contributed by atoms with Gasteiger partial charge in [0.15, 0.2) is 0 Å². The van der Waals surface area contributed by atoms with Crippen LogP contribution in [0.15, 0.2) is 0 Å². The van der Waals surface area contributed by atoms with Crippen molar-refractivity contribution >= 4 is 0 Å². The zero-order chi connectivity index (χ0) is 9.89. The third-order valence-corrected chi connectivity index (χ3v) is 3.64. The summed E-state index contributed by atoms with van der Waals surface area (Å²) >= 11 is 0. The van der Waals surface area contributed by atoms with Crippen molar-refractivity contribution in [3.05, 3.63) is 0 Å². The molecule has 0 radical (unpaired) electrons. The molecule has 0 aromatic heterocycles. The molecule has 74 valence electrons. The first kappa shape index (κ1) is 12.0. The van der Waals surface area contributed by atoms with Gasteiger partial charge in [0.05, 0.1) is 0 Å². The third-order valence-electron chi connectivity index (χ3n) is 3.64. The molecule has 0 saturated heterocycles. The average molecular weight is 170 g/mol. The van der Waals surface area contributed by atoms with Crippen LogP contribution in [0.25, 0.3) is 0 Å². The van der Waals surface area contributed by atoms with Gasteiger partial charge in [-0.1, -0.05) is 48.5 Å². The lowest BCUT2D eigenvalue weighted by Gasteiger charge is -2.50. The van der Waals surface area contributed by atoms with Gasteiger partial charge in [-0.05, 0) is 29.6 Å². The summed E-state index contributed by atoms with van der Waals surface area (Å²) in [5, 5.41) is 0. The standard InChI is InChI=1S/C10H20.C2H6/c1-6(2)10-8(4)7(3)9(10)5;1-2/h6-10H,1-5H3;1-2H3. The summed E-state index contributed by atoms with van der Waals surface area (Å²) in [5.41, 5.74) is 0. The predicted molar refractivity (Wildman–Crippen MR) is 57.2 cm³/mol. The van der Waals surface area contributed by atoms with Crippen LogP contribution in [0.5, 0.6) is 0 Å². The molecule has 0 heteroatoms. The SMILES string of the molecule is CC.CC(C)C1C(C)C(C)C1C. The van der Waals surface area contributed by atoms with Gasteiger partial charge in [-0.2, -0.15) is 0 Å². The first-order chi connectivity index (χ1) is 5.55. The van der Waals surface area contributed by atoms with Crippen molar-refractivity contribution in [3.63, 3.8) is 0 Å². The maximum absolute atomic E-state index is 2.40. The Balaban J connectivity index is 0.000000561. The molecule has 0 aliphatic heterocycles. The van der Waals surface area contributed by atoms with E-state index in [1.54, 1.807) is 0 Å². The van der Waals surface area contributed by atoms with Crippen molar-refractivity contribution < 1.29 is 0 Å². The summed E-state index contributed by atoms with van der Waals surface area (Å²) in [6, 6.07) is 0. The second kappa shape index (κ2) is 4.89. The summed E-state index contributed by atoms with van der Waals surface area (Å²) in [4.78, 5) is 0. The third kappa shape index (κ3) is 2.02. The molecule has 0 heterocycles. The van der Waals surface area contributed by atoms with E-state index in [1.807, 2.05) is 13.8 Å². The van der Waals surface area contributed by atoms with Gasteiger partial charge in [0.2, 0.25) is 0 Å². The van der Waals surface area contributed by atoms with Gasteiger partial charge in [-0.25, -0.2) is 0 Å². The minimum atomic E-state index is 0.890. The van der Waals surface area contributed by atoms with Crippen molar-refractivity contribution in [2.75, 3.05) is 0 Å². The van der Waals surface area contributed by atoms with E-state index in [2.05, 4.69) is 34.6 Å². The average Bonchev–Trinajstić information content (AvgIpc) is 2.07. The molecule has 12 heavy (non-hydrogen) atoms. The second-order valence-electron chi connectivity index (χ2n) is 4.40. The first-order valence-corrected chi connectivity index (χ1v) is 5.55. The molecular weight excluding hydrogens is 144 g/mol. The van der Waals surface area contributed by atoms with Crippen molar-refractivity contribution in [1.29, 1.82) is 0 Å². The lowest BCUT2D eigenvalue weighted by atomic mass is 9.55. The Morgan fingerprint density at radius 2 is 1.08 bits per heavy atom. The highest BCUT2D eigenvalue weighted by Crippen LogP contribution is 2.48. The molecule has 0 nitrogen and oxygen atoms in total. The maximum Gasteiger partial charge on any atom is -0.0334 e. The Morgan fingerprint density at radius 1 is 0.750 bits per heavy atom. The summed E-state index contributed by atoms with van der Waals surface area (Å²) in [5.74, 6) is 4.79. The number of hydrogen-bond donors (Lipinski definition) is 0. The molecular formula is C12H26. The van der Waals surface area contributed by atoms with Crippen LogP contribution in [0.4, 0.5) is 0 Å². The Kier molecular flexibility index (Phi) is 4.89. The zero-order valence-corrected chi connectivity index (χ0v) is 9.89. The predicted octanol–water partition coefficient (Wildman–Crippen LogP) is 4.21. The number of rotatable bonds is 1. The van der Waals surface area contributed by atoms with E-state index in [0.717, 1.165) is 29.6 Å². The van der Waals surface area contributed by atoms with Gasteiger partial charge in [0, 0.05) is 0 Å². The van der Waals surface area contributed by atoms with Crippen LogP contribution in [-0.4, -0.2) is 0 Å². The van der Waals surface area contributed by atoms with Crippen molar-refractivity contribution in [2.45, 2.75) is 48.5 Å². The molecule has 0 aromatic rings. The first-order valence-electron chi connectivity index (χ1n) is 5.55. The van der Waals surface area contributed by atoms with Crippen molar-refractivity contribution in [3.8, 4) is 0 Å². The lowest BCUT2D eigenvalue weighted by Crippen LogP contribution is -2.44. The molecule has 0 spiro atoms. The largest absolute Gasteiger partial charge is 0.0683 e. The zero-order valence-electron chi connectivity index (χ0n) is 9.89. The van der Waals surface area contributed by atoms with Crippen LogP contribution in [0.3, 0.4) is 0 Å². The second-order valence-corrected chi connectivity index (χ2v) is 4.40. The smallest absolute Gasteiger partial charge is 0.0334 e.